The summed E-state index contributed by atoms with van der Waals surface area (Å²) < 4.78 is 0. The predicted molar refractivity (Wildman–Crippen MR) is 183 cm³/mol. The second kappa shape index (κ2) is 11.0. The molecule has 0 aliphatic carbocycles. The van der Waals surface area contributed by atoms with E-state index in [-0.39, 0.29) is 10.8 Å². The van der Waals surface area contributed by atoms with E-state index in [1.54, 1.807) is 6.08 Å². The first-order valence-corrected chi connectivity index (χ1v) is 14.6. The minimum atomic E-state index is 0.0691. The molecule has 0 spiro atoms. The van der Waals surface area contributed by atoms with Crippen LogP contribution in [0.4, 0.5) is 0 Å². The maximum atomic E-state index is 4.30. The van der Waals surface area contributed by atoms with Gasteiger partial charge in [-0.2, -0.15) is 0 Å². The Morgan fingerprint density at radius 3 is 1.83 bits per heavy atom. The molecule has 0 atom stereocenters. The summed E-state index contributed by atoms with van der Waals surface area (Å²) in [5.74, 6) is 0. The molecule has 41 heavy (non-hydrogen) atoms. The van der Waals surface area contributed by atoms with Crippen molar-refractivity contribution in [1.29, 1.82) is 0 Å². The van der Waals surface area contributed by atoms with Crippen LogP contribution >= 0.6 is 0 Å². The lowest BCUT2D eigenvalue weighted by molar-refractivity contribution is 0.590. The summed E-state index contributed by atoms with van der Waals surface area (Å²) in [4.78, 5) is 0. The molecule has 0 aromatic heterocycles. The van der Waals surface area contributed by atoms with Crippen molar-refractivity contribution in [2.75, 3.05) is 0 Å². The van der Waals surface area contributed by atoms with E-state index in [0.717, 1.165) is 12.0 Å². The topological polar surface area (TPSA) is 0 Å². The van der Waals surface area contributed by atoms with Crippen LogP contribution in [-0.4, -0.2) is 0 Å². The van der Waals surface area contributed by atoms with Gasteiger partial charge in [0.05, 0.1) is 0 Å². The maximum Gasteiger partial charge on any atom is -0.00943 e. The maximum absolute atomic E-state index is 4.30. The van der Waals surface area contributed by atoms with Gasteiger partial charge in [0.25, 0.3) is 0 Å². The third-order valence-electron chi connectivity index (χ3n) is 8.14. The number of benzene rings is 5. The van der Waals surface area contributed by atoms with Gasteiger partial charge in [0.2, 0.25) is 0 Å². The fourth-order valence-electron chi connectivity index (χ4n) is 5.53. The van der Waals surface area contributed by atoms with E-state index in [9.17, 15) is 0 Å². The van der Waals surface area contributed by atoms with E-state index < -0.39 is 0 Å². The van der Waals surface area contributed by atoms with Gasteiger partial charge in [-0.1, -0.05) is 152 Å². The van der Waals surface area contributed by atoms with E-state index in [0.29, 0.717) is 0 Å². The molecule has 0 saturated heterocycles. The molecule has 5 aromatic rings. The van der Waals surface area contributed by atoms with Crippen molar-refractivity contribution in [1.82, 2.24) is 0 Å². The highest BCUT2D eigenvalue weighted by Gasteiger charge is 2.19. The van der Waals surface area contributed by atoms with Crippen LogP contribution < -0.4 is 0 Å². The van der Waals surface area contributed by atoms with Gasteiger partial charge in [0.15, 0.2) is 0 Å². The van der Waals surface area contributed by atoms with Crippen molar-refractivity contribution < 1.29 is 0 Å². The highest BCUT2D eigenvalue weighted by atomic mass is 14.2. The van der Waals surface area contributed by atoms with E-state index in [1.165, 1.54) is 60.5 Å². The second-order valence-corrected chi connectivity index (χ2v) is 13.2. The normalized spacial score (nSPS) is 12.3. The highest BCUT2D eigenvalue weighted by molar-refractivity contribution is 6.09. The molecule has 0 heterocycles. The van der Waals surface area contributed by atoms with Gasteiger partial charge >= 0.3 is 0 Å². The van der Waals surface area contributed by atoms with Crippen molar-refractivity contribution in [2.45, 2.75) is 58.8 Å². The van der Waals surface area contributed by atoms with Crippen LogP contribution in [0.3, 0.4) is 0 Å². The van der Waals surface area contributed by atoms with E-state index in [2.05, 4.69) is 152 Å². The van der Waals surface area contributed by atoms with Crippen LogP contribution in [0.25, 0.3) is 49.4 Å². The third-order valence-corrected chi connectivity index (χ3v) is 8.14. The zero-order valence-electron chi connectivity index (χ0n) is 25.5. The van der Waals surface area contributed by atoms with E-state index in [4.69, 9.17) is 0 Å². The van der Waals surface area contributed by atoms with Gasteiger partial charge < -0.3 is 0 Å². The molecule has 0 fully saturated rings. The molecule has 206 valence electrons. The molecule has 5 aromatic carbocycles. The Balaban J connectivity index is 1.60. The molecule has 0 N–H and O–H groups in total. The number of hydrogen-bond acceptors (Lipinski definition) is 0. The average Bonchev–Trinajstić information content (AvgIpc) is 2.95. The number of fused-ring (bicyclic) bond motifs is 3. The van der Waals surface area contributed by atoms with E-state index >= 15 is 0 Å². The lowest BCUT2D eigenvalue weighted by atomic mass is 9.82. The summed E-state index contributed by atoms with van der Waals surface area (Å²) in [6.45, 7) is 21.7. The fraction of sp³-hybridized carbons (Fsp3) is 0.220. The monoisotopic (exact) mass is 534 g/mol. The summed E-state index contributed by atoms with van der Waals surface area (Å²) in [7, 11) is 0. The Hall–Kier alpha value is -4.16. The summed E-state index contributed by atoms with van der Waals surface area (Å²) in [6.07, 6.45) is 6.70. The molecule has 0 amide bonds. The molecular weight excluding hydrogens is 492 g/mol. The summed E-state index contributed by atoms with van der Waals surface area (Å²) >= 11 is 0. The highest BCUT2D eigenvalue weighted by Crippen LogP contribution is 2.39. The predicted octanol–water partition coefficient (Wildman–Crippen LogP) is 12.1. The lowest BCUT2D eigenvalue weighted by Gasteiger charge is -2.23. The third kappa shape index (κ3) is 5.98. The fourth-order valence-corrected chi connectivity index (χ4v) is 5.53. The van der Waals surface area contributed by atoms with Crippen molar-refractivity contribution in [3.8, 4) is 22.3 Å². The quantitative estimate of drug-likeness (QED) is 0.150. The lowest BCUT2D eigenvalue weighted by Crippen LogP contribution is -2.11. The van der Waals surface area contributed by atoms with Crippen molar-refractivity contribution in [2.24, 2.45) is 0 Å². The second-order valence-electron chi connectivity index (χ2n) is 13.2. The number of rotatable bonds is 6. The van der Waals surface area contributed by atoms with Gasteiger partial charge in [0.1, 0.15) is 0 Å². The minimum absolute atomic E-state index is 0.0691. The first kappa shape index (κ1) is 28.4. The molecular formula is C41H42. The van der Waals surface area contributed by atoms with Gasteiger partial charge in [-0.25, -0.2) is 0 Å². The van der Waals surface area contributed by atoms with Crippen molar-refractivity contribution in [3.05, 3.63) is 139 Å². The van der Waals surface area contributed by atoms with Crippen LogP contribution in [-0.2, 0) is 10.8 Å². The van der Waals surface area contributed by atoms with Crippen molar-refractivity contribution >= 4 is 27.1 Å². The standard InChI is InChI=1S/C41H42/c1-9-10-11-12-28(2)30-17-22-37-31(25-30)13-14-32-26-33(18-23-38(32)37)39-27-35(41(6,7)8)21-24-36(39)29-15-19-34(20-16-29)40(3,4)5/h9-11,13-27H,1-2,12H2,3-8H3/b11-10+. The molecule has 0 bridgehead atoms. The molecule has 5 rings (SSSR count). The SMILES string of the molecule is C=C/C=C/CC(=C)c1ccc2c(ccc3cc(-c4cc(C(C)(C)C)ccc4-c4ccc(C(C)(C)C)cc4)ccc32)c1. The molecule has 0 heteroatoms. The number of allylic oxidation sites excluding steroid dienone is 4. The average molecular weight is 535 g/mol. The molecule has 0 radical (unpaired) electrons. The Kier molecular flexibility index (Phi) is 7.62. The first-order valence-electron chi connectivity index (χ1n) is 14.6. The van der Waals surface area contributed by atoms with E-state index in [1.807, 2.05) is 6.08 Å². The Bertz CT molecular complexity index is 1780. The molecule has 0 aliphatic heterocycles. The largest absolute Gasteiger partial charge is 0.0991 e. The zero-order chi connectivity index (χ0) is 29.4. The zero-order valence-corrected chi connectivity index (χ0v) is 25.5. The van der Waals surface area contributed by atoms with Crippen LogP contribution in [0, 0.1) is 0 Å². The van der Waals surface area contributed by atoms with Crippen LogP contribution in [0.1, 0.15) is 64.7 Å². The van der Waals surface area contributed by atoms with Gasteiger partial charge in [-0.3, -0.25) is 0 Å². The molecule has 0 unspecified atom stereocenters. The van der Waals surface area contributed by atoms with Crippen LogP contribution in [0.5, 0.6) is 0 Å². The minimum Gasteiger partial charge on any atom is -0.0991 e. The van der Waals surface area contributed by atoms with Gasteiger partial charge in [-0.05, 0) is 95.4 Å². The van der Waals surface area contributed by atoms with Crippen molar-refractivity contribution in [3.63, 3.8) is 0 Å². The Morgan fingerprint density at radius 2 is 1.20 bits per heavy atom. The Labute approximate surface area is 246 Å². The van der Waals surface area contributed by atoms with Gasteiger partial charge in [-0.15, -0.1) is 0 Å². The molecule has 0 nitrogen and oxygen atoms in total. The number of hydrogen-bond donors (Lipinski definition) is 0. The van der Waals surface area contributed by atoms with Crippen LogP contribution in [0.15, 0.2) is 122 Å². The summed E-state index contributed by atoms with van der Waals surface area (Å²) in [5, 5.41) is 5.04. The molecule has 0 aliphatic rings. The van der Waals surface area contributed by atoms with Crippen LogP contribution in [0.2, 0.25) is 0 Å². The smallest absolute Gasteiger partial charge is 0.00943 e. The summed E-state index contributed by atoms with van der Waals surface area (Å²) in [6, 6.07) is 34.3. The first-order chi connectivity index (χ1) is 19.5. The van der Waals surface area contributed by atoms with Gasteiger partial charge in [0, 0.05) is 0 Å². The Morgan fingerprint density at radius 1 is 0.610 bits per heavy atom. The molecule has 0 saturated carbocycles. The summed E-state index contributed by atoms with van der Waals surface area (Å²) in [5.41, 5.74) is 10.2.